The van der Waals surface area contributed by atoms with Crippen LogP contribution in [-0.2, 0) is 16.0 Å². The lowest BCUT2D eigenvalue weighted by Crippen LogP contribution is -2.42. The predicted molar refractivity (Wildman–Crippen MR) is 58.9 cm³/mol. The molecule has 3 rings (SSSR count). The number of fused-ring (bicyclic) bond motifs is 1. The summed E-state index contributed by atoms with van der Waals surface area (Å²) < 4.78 is 10.6. The van der Waals surface area contributed by atoms with Crippen molar-refractivity contribution in [3.63, 3.8) is 0 Å². The molecular weight excluding hydrogens is 238 g/mol. The number of ether oxygens (including phenoxy) is 1. The van der Waals surface area contributed by atoms with Crippen LogP contribution >= 0.6 is 0 Å². The Morgan fingerprint density at radius 1 is 1.56 bits per heavy atom. The van der Waals surface area contributed by atoms with E-state index in [-0.39, 0.29) is 18.4 Å². The van der Waals surface area contributed by atoms with Crippen molar-refractivity contribution in [2.45, 2.75) is 31.4 Å². The Balaban J connectivity index is 1.67. The van der Waals surface area contributed by atoms with Gasteiger partial charge in [0.1, 0.15) is 12.5 Å². The van der Waals surface area contributed by atoms with E-state index in [2.05, 4.69) is 15.0 Å². The van der Waals surface area contributed by atoms with Gasteiger partial charge in [-0.25, -0.2) is 0 Å². The van der Waals surface area contributed by atoms with Gasteiger partial charge in [-0.1, -0.05) is 5.16 Å². The highest BCUT2D eigenvalue weighted by molar-refractivity contribution is 5.68. The number of aromatic nitrogens is 2. The zero-order chi connectivity index (χ0) is 12.5. The zero-order valence-electron chi connectivity index (χ0n) is 9.91. The zero-order valence-corrected chi connectivity index (χ0v) is 9.91. The number of hydrogen-bond donors (Lipinski definition) is 1. The van der Waals surface area contributed by atoms with Gasteiger partial charge in [0, 0.05) is 12.6 Å². The van der Waals surface area contributed by atoms with Crippen molar-refractivity contribution < 1.29 is 19.2 Å². The highest BCUT2D eigenvalue weighted by atomic mass is 16.5. The number of carboxylic acid groups (broad SMARTS) is 1. The first-order valence-corrected chi connectivity index (χ1v) is 6.12. The third kappa shape index (κ3) is 2.23. The second kappa shape index (κ2) is 4.66. The molecule has 18 heavy (non-hydrogen) atoms. The predicted octanol–water partition coefficient (Wildman–Crippen LogP) is 0.232. The van der Waals surface area contributed by atoms with Crippen LogP contribution in [0.3, 0.4) is 0 Å². The minimum atomic E-state index is -0.977. The van der Waals surface area contributed by atoms with E-state index in [9.17, 15) is 4.79 Å². The third-order valence-corrected chi connectivity index (χ3v) is 3.46. The smallest absolute Gasteiger partial charge is 0.312 e. The molecule has 7 heteroatoms. The van der Waals surface area contributed by atoms with Crippen LogP contribution in [-0.4, -0.2) is 51.9 Å². The normalized spacial score (nSPS) is 28.2. The maximum atomic E-state index is 10.5. The van der Waals surface area contributed by atoms with E-state index in [1.807, 2.05) is 0 Å². The van der Waals surface area contributed by atoms with Gasteiger partial charge in [0.05, 0.1) is 6.61 Å². The lowest BCUT2D eigenvalue weighted by molar-refractivity contribution is -0.136. The van der Waals surface area contributed by atoms with Gasteiger partial charge in [-0.15, -0.1) is 0 Å². The molecule has 7 nitrogen and oxygen atoms in total. The van der Waals surface area contributed by atoms with E-state index in [1.165, 1.54) is 12.8 Å². The Hall–Kier alpha value is -1.47. The Labute approximate surface area is 104 Å². The van der Waals surface area contributed by atoms with Gasteiger partial charge >= 0.3 is 5.97 Å². The lowest BCUT2D eigenvalue weighted by atomic mass is 10.2. The summed E-state index contributed by atoms with van der Waals surface area (Å²) in [6.07, 6.45) is 1.94. The number of carboxylic acids is 1. The monoisotopic (exact) mass is 253 g/mol. The maximum absolute atomic E-state index is 10.5. The van der Waals surface area contributed by atoms with Crippen molar-refractivity contribution in [2.24, 2.45) is 0 Å². The number of nitrogens with zero attached hydrogens (tertiary/aromatic N) is 3. The van der Waals surface area contributed by atoms with E-state index >= 15 is 0 Å². The van der Waals surface area contributed by atoms with E-state index in [0.717, 1.165) is 13.1 Å². The number of aliphatic carboxylic acids is 1. The van der Waals surface area contributed by atoms with Gasteiger partial charge in [0.15, 0.2) is 0 Å². The van der Waals surface area contributed by atoms with E-state index in [0.29, 0.717) is 18.5 Å². The first kappa shape index (κ1) is 11.6. The summed E-state index contributed by atoms with van der Waals surface area (Å²) in [6, 6.07) is 0.520. The fraction of sp³-hybridized carbons (Fsp3) is 0.727. The fourth-order valence-electron chi connectivity index (χ4n) is 2.57. The molecule has 1 N–H and O–H groups in total. The highest BCUT2D eigenvalue weighted by Crippen LogP contribution is 2.28. The van der Waals surface area contributed by atoms with E-state index in [4.69, 9.17) is 14.4 Å². The molecular formula is C11H15N3O4. The lowest BCUT2D eigenvalue weighted by Gasteiger charge is -2.33. The fourth-order valence-corrected chi connectivity index (χ4v) is 2.57. The number of carbonyl (C=O) groups is 1. The number of rotatable bonds is 3. The highest BCUT2D eigenvalue weighted by Gasteiger charge is 2.34. The van der Waals surface area contributed by atoms with Crippen LogP contribution in [0, 0.1) is 0 Å². The van der Waals surface area contributed by atoms with E-state index in [1.54, 1.807) is 0 Å². The minimum absolute atomic E-state index is 0.129. The first-order valence-electron chi connectivity index (χ1n) is 6.12. The molecule has 98 valence electrons. The molecule has 0 bridgehead atoms. The van der Waals surface area contributed by atoms with Gasteiger partial charge in [-0.2, -0.15) is 4.98 Å². The Kier molecular flexibility index (Phi) is 3.00. The number of hydrogen-bond acceptors (Lipinski definition) is 6. The molecule has 0 spiro atoms. The van der Waals surface area contributed by atoms with Crippen molar-refractivity contribution in [2.75, 3.05) is 19.7 Å². The van der Waals surface area contributed by atoms with Crippen molar-refractivity contribution in [3.8, 4) is 0 Å². The summed E-state index contributed by atoms with van der Waals surface area (Å²) in [7, 11) is 0. The van der Waals surface area contributed by atoms with Crippen LogP contribution in [0.1, 0.15) is 30.7 Å². The molecule has 2 atom stereocenters. The van der Waals surface area contributed by atoms with Crippen molar-refractivity contribution in [3.05, 3.63) is 11.7 Å². The average Bonchev–Trinajstić information content (AvgIpc) is 2.95. The van der Waals surface area contributed by atoms with Gasteiger partial charge in [0.2, 0.25) is 11.7 Å². The molecule has 2 saturated heterocycles. The van der Waals surface area contributed by atoms with Crippen molar-refractivity contribution in [1.82, 2.24) is 15.0 Å². The molecule has 3 heterocycles. The van der Waals surface area contributed by atoms with Gasteiger partial charge in [-0.3, -0.25) is 9.69 Å². The second-order valence-corrected chi connectivity index (χ2v) is 4.73. The standard InChI is InChI=1S/C11H15N3O4/c15-10(16)4-9-12-11(13-18-9)8-5-14-3-1-2-7(14)6-17-8/h7-8H,1-6H2,(H,15,16)/t7-,8+/m0/s1. The summed E-state index contributed by atoms with van der Waals surface area (Å²) in [5.74, 6) is -0.393. The number of morpholine rings is 1. The largest absolute Gasteiger partial charge is 0.481 e. The molecule has 2 fully saturated rings. The van der Waals surface area contributed by atoms with Crippen molar-refractivity contribution in [1.29, 1.82) is 0 Å². The molecule has 0 radical (unpaired) electrons. The van der Waals surface area contributed by atoms with Crippen LogP contribution < -0.4 is 0 Å². The molecule has 0 amide bonds. The molecule has 0 saturated carbocycles. The molecule has 1 aromatic heterocycles. The summed E-state index contributed by atoms with van der Waals surface area (Å²) in [5, 5.41) is 12.4. The molecule has 2 aliphatic rings. The maximum Gasteiger partial charge on any atom is 0.312 e. The summed E-state index contributed by atoms with van der Waals surface area (Å²) in [4.78, 5) is 17.0. The molecule has 0 aromatic carbocycles. The van der Waals surface area contributed by atoms with Gasteiger partial charge in [-0.05, 0) is 19.4 Å². The van der Waals surface area contributed by atoms with Gasteiger partial charge in [0.25, 0.3) is 0 Å². The quantitative estimate of drug-likeness (QED) is 0.824. The molecule has 0 unspecified atom stereocenters. The molecule has 1 aromatic rings. The van der Waals surface area contributed by atoms with Crippen LogP contribution in [0.4, 0.5) is 0 Å². The van der Waals surface area contributed by atoms with Crippen molar-refractivity contribution >= 4 is 5.97 Å². The van der Waals surface area contributed by atoms with Crippen LogP contribution in [0.15, 0.2) is 4.52 Å². The van der Waals surface area contributed by atoms with E-state index < -0.39 is 5.97 Å². The summed E-state index contributed by atoms with van der Waals surface area (Å²) in [5.41, 5.74) is 0. The SMILES string of the molecule is O=C(O)Cc1nc([C@H]2CN3CCC[C@H]3CO2)no1. The second-order valence-electron chi connectivity index (χ2n) is 4.73. The summed E-state index contributed by atoms with van der Waals surface area (Å²) in [6.45, 7) is 2.54. The average molecular weight is 253 g/mol. The Morgan fingerprint density at radius 3 is 3.28 bits per heavy atom. The van der Waals surface area contributed by atoms with Gasteiger partial charge < -0.3 is 14.4 Å². The topological polar surface area (TPSA) is 88.7 Å². The van der Waals surface area contributed by atoms with Crippen LogP contribution in [0.25, 0.3) is 0 Å². The Morgan fingerprint density at radius 2 is 2.44 bits per heavy atom. The summed E-state index contributed by atoms with van der Waals surface area (Å²) >= 11 is 0. The molecule has 0 aliphatic carbocycles. The first-order chi connectivity index (χ1) is 8.72. The Bertz CT molecular complexity index is 447. The van der Waals surface area contributed by atoms with Crippen LogP contribution in [0.2, 0.25) is 0 Å². The van der Waals surface area contributed by atoms with Crippen LogP contribution in [0.5, 0.6) is 0 Å². The molecule has 2 aliphatic heterocycles. The minimum Gasteiger partial charge on any atom is -0.481 e. The third-order valence-electron chi connectivity index (χ3n) is 3.46.